The highest BCUT2D eigenvalue weighted by atomic mass is 35.5. The second kappa shape index (κ2) is 6.93. The summed E-state index contributed by atoms with van der Waals surface area (Å²) in [6.45, 7) is 4.08. The topological polar surface area (TPSA) is 31.2 Å². The number of hydrogen-bond donors (Lipinski definition) is 0. The highest BCUT2D eigenvalue weighted by molar-refractivity contribution is 6.30. The standard InChI is InChI=1S/C20H18ClNO2/c1-3-24-20(23)19-14(2)18(15-8-7-9-16(21)12-15)13-22(19)17-10-5-4-6-11-17/h4-13H,3H2,1-2H3. The third kappa shape index (κ3) is 3.08. The molecule has 122 valence electrons. The average Bonchev–Trinajstić information content (AvgIpc) is 2.93. The van der Waals surface area contributed by atoms with Crippen LogP contribution in [0.25, 0.3) is 16.8 Å². The van der Waals surface area contributed by atoms with Crippen LogP contribution in [0.3, 0.4) is 0 Å². The number of aromatic nitrogens is 1. The molecule has 2 aromatic carbocycles. The first-order valence-electron chi connectivity index (χ1n) is 7.82. The Kier molecular flexibility index (Phi) is 4.72. The first kappa shape index (κ1) is 16.3. The molecule has 1 aromatic heterocycles. The first-order chi connectivity index (χ1) is 11.6. The van der Waals surface area contributed by atoms with E-state index in [1.165, 1.54) is 0 Å². The molecule has 0 spiro atoms. The van der Waals surface area contributed by atoms with E-state index < -0.39 is 0 Å². The van der Waals surface area contributed by atoms with Gasteiger partial charge in [-0.3, -0.25) is 0 Å². The minimum absolute atomic E-state index is 0.327. The fraction of sp³-hybridized carbons (Fsp3) is 0.150. The highest BCUT2D eigenvalue weighted by Crippen LogP contribution is 2.31. The Bertz CT molecular complexity index is 869. The predicted molar refractivity (Wildman–Crippen MR) is 96.9 cm³/mol. The monoisotopic (exact) mass is 339 g/mol. The molecule has 0 aliphatic heterocycles. The van der Waals surface area contributed by atoms with Crippen LogP contribution < -0.4 is 0 Å². The molecule has 4 heteroatoms. The van der Waals surface area contributed by atoms with Gasteiger partial charge in [-0.25, -0.2) is 4.79 Å². The van der Waals surface area contributed by atoms with Crippen molar-refractivity contribution < 1.29 is 9.53 Å². The van der Waals surface area contributed by atoms with Crippen LogP contribution in [0.2, 0.25) is 5.02 Å². The van der Waals surface area contributed by atoms with Crippen LogP contribution in [0.1, 0.15) is 23.0 Å². The molecule has 0 aliphatic rings. The zero-order valence-electron chi connectivity index (χ0n) is 13.6. The summed E-state index contributed by atoms with van der Waals surface area (Å²) in [6, 6.07) is 17.4. The van der Waals surface area contributed by atoms with Crippen LogP contribution in [0.4, 0.5) is 0 Å². The highest BCUT2D eigenvalue weighted by Gasteiger charge is 2.21. The second-order valence-corrected chi connectivity index (χ2v) is 5.89. The van der Waals surface area contributed by atoms with Crippen molar-refractivity contribution in [1.82, 2.24) is 4.57 Å². The molecule has 0 unspecified atom stereocenters. The smallest absolute Gasteiger partial charge is 0.355 e. The van der Waals surface area contributed by atoms with Gasteiger partial charge in [-0.15, -0.1) is 0 Å². The van der Waals surface area contributed by atoms with Crippen LogP contribution in [-0.4, -0.2) is 17.1 Å². The molecule has 0 saturated heterocycles. The van der Waals surface area contributed by atoms with Crippen molar-refractivity contribution in [3.05, 3.63) is 77.1 Å². The summed E-state index contributed by atoms with van der Waals surface area (Å²) < 4.78 is 7.14. The van der Waals surface area contributed by atoms with Gasteiger partial charge in [-0.1, -0.05) is 41.9 Å². The van der Waals surface area contributed by atoms with Gasteiger partial charge in [0.1, 0.15) is 5.69 Å². The Morgan fingerprint density at radius 2 is 1.88 bits per heavy atom. The van der Waals surface area contributed by atoms with Gasteiger partial charge in [-0.2, -0.15) is 0 Å². The average molecular weight is 340 g/mol. The zero-order valence-corrected chi connectivity index (χ0v) is 14.4. The van der Waals surface area contributed by atoms with E-state index in [4.69, 9.17) is 16.3 Å². The summed E-state index contributed by atoms with van der Waals surface area (Å²) in [7, 11) is 0. The molecular weight excluding hydrogens is 322 g/mol. The lowest BCUT2D eigenvalue weighted by atomic mass is 10.0. The number of carbonyl (C=O) groups is 1. The van der Waals surface area contributed by atoms with E-state index in [0.717, 1.165) is 22.4 Å². The lowest BCUT2D eigenvalue weighted by molar-refractivity contribution is 0.0516. The van der Waals surface area contributed by atoms with Gasteiger partial charge in [0.05, 0.1) is 6.61 Å². The van der Waals surface area contributed by atoms with E-state index >= 15 is 0 Å². The molecule has 3 rings (SSSR count). The fourth-order valence-corrected chi connectivity index (χ4v) is 2.98. The molecule has 0 radical (unpaired) electrons. The lowest BCUT2D eigenvalue weighted by Gasteiger charge is -2.09. The van der Waals surface area contributed by atoms with Crippen LogP contribution in [0.5, 0.6) is 0 Å². The summed E-state index contributed by atoms with van der Waals surface area (Å²) in [6.07, 6.45) is 1.96. The zero-order chi connectivity index (χ0) is 17.1. The van der Waals surface area contributed by atoms with E-state index in [2.05, 4.69) is 0 Å². The minimum Gasteiger partial charge on any atom is -0.461 e. The maximum Gasteiger partial charge on any atom is 0.355 e. The number of rotatable bonds is 4. The van der Waals surface area contributed by atoms with Gasteiger partial charge < -0.3 is 9.30 Å². The Morgan fingerprint density at radius 1 is 1.12 bits per heavy atom. The fourth-order valence-electron chi connectivity index (χ4n) is 2.79. The summed E-state index contributed by atoms with van der Waals surface area (Å²) in [5.74, 6) is -0.327. The summed E-state index contributed by atoms with van der Waals surface area (Å²) >= 11 is 6.12. The van der Waals surface area contributed by atoms with Crippen molar-refractivity contribution >= 4 is 17.6 Å². The number of nitrogens with zero attached hydrogens (tertiary/aromatic N) is 1. The Morgan fingerprint density at radius 3 is 2.54 bits per heavy atom. The SMILES string of the molecule is CCOC(=O)c1c(C)c(-c2cccc(Cl)c2)cn1-c1ccccc1. The maximum absolute atomic E-state index is 12.5. The number of esters is 1. The lowest BCUT2D eigenvalue weighted by Crippen LogP contribution is -2.12. The van der Waals surface area contributed by atoms with Crippen LogP contribution >= 0.6 is 11.6 Å². The van der Waals surface area contributed by atoms with Gasteiger partial charge in [0.25, 0.3) is 0 Å². The number of halogens is 1. The minimum atomic E-state index is -0.327. The number of benzene rings is 2. The number of para-hydroxylation sites is 1. The van der Waals surface area contributed by atoms with Gasteiger partial charge in [-0.05, 0) is 49.2 Å². The molecule has 0 saturated carbocycles. The normalized spacial score (nSPS) is 10.6. The van der Waals surface area contributed by atoms with E-state index in [1.807, 2.05) is 72.3 Å². The Labute approximate surface area is 146 Å². The van der Waals surface area contributed by atoms with Crippen LogP contribution in [0.15, 0.2) is 60.8 Å². The van der Waals surface area contributed by atoms with Crippen molar-refractivity contribution in [3.8, 4) is 16.8 Å². The maximum atomic E-state index is 12.5. The van der Waals surface area contributed by atoms with Gasteiger partial charge in [0, 0.05) is 22.5 Å². The summed E-state index contributed by atoms with van der Waals surface area (Å²) in [4.78, 5) is 12.5. The van der Waals surface area contributed by atoms with Crippen LogP contribution in [0, 0.1) is 6.92 Å². The van der Waals surface area contributed by atoms with Gasteiger partial charge in [0.15, 0.2) is 0 Å². The molecule has 0 fully saturated rings. The molecule has 3 aromatic rings. The largest absolute Gasteiger partial charge is 0.461 e. The molecule has 0 atom stereocenters. The van der Waals surface area contributed by atoms with E-state index in [-0.39, 0.29) is 5.97 Å². The van der Waals surface area contributed by atoms with Gasteiger partial charge in [0.2, 0.25) is 0 Å². The van der Waals surface area contributed by atoms with Crippen molar-refractivity contribution in [2.24, 2.45) is 0 Å². The summed E-state index contributed by atoms with van der Waals surface area (Å²) in [5.41, 5.74) is 4.26. The quantitative estimate of drug-likeness (QED) is 0.605. The van der Waals surface area contributed by atoms with E-state index in [1.54, 1.807) is 6.92 Å². The van der Waals surface area contributed by atoms with E-state index in [0.29, 0.717) is 17.3 Å². The van der Waals surface area contributed by atoms with Crippen molar-refractivity contribution in [3.63, 3.8) is 0 Å². The number of carbonyl (C=O) groups excluding carboxylic acids is 1. The van der Waals surface area contributed by atoms with Crippen LogP contribution in [-0.2, 0) is 4.74 Å². The number of ether oxygens (including phenoxy) is 1. The van der Waals surface area contributed by atoms with Crippen molar-refractivity contribution in [1.29, 1.82) is 0 Å². The molecule has 24 heavy (non-hydrogen) atoms. The molecule has 0 amide bonds. The molecule has 1 heterocycles. The Hall–Kier alpha value is -2.52. The summed E-state index contributed by atoms with van der Waals surface area (Å²) in [5, 5.41) is 0.664. The molecule has 0 bridgehead atoms. The molecule has 0 N–H and O–H groups in total. The predicted octanol–water partition coefficient (Wildman–Crippen LogP) is 5.28. The molecule has 3 nitrogen and oxygen atoms in total. The Balaban J connectivity index is 2.21. The second-order valence-electron chi connectivity index (χ2n) is 5.45. The van der Waals surface area contributed by atoms with Gasteiger partial charge >= 0.3 is 5.97 Å². The molecular formula is C20H18ClNO2. The molecule has 0 aliphatic carbocycles. The first-order valence-corrected chi connectivity index (χ1v) is 8.20. The third-order valence-electron chi connectivity index (χ3n) is 3.90. The third-order valence-corrected chi connectivity index (χ3v) is 4.13. The van der Waals surface area contributed by atoms with Crippen molar-refractivity contribution in [2.75, 3.05) is 6.61 Å². The van der Waals surface area contributed by atoms with E-state index in [9.17, 15) is 4.79 Å². The number of hydrogen-bond acceptors (Lipinski definition) is 2. The van der Waals surface area contributed by atoms with Crippen molar-refractivity contribution in [2.45, 2.75) is 13.8 Å².